The second-order valence-electron chi connectivity index (χ2n) is 10.3. The molecule has 0 unspecified atom stereocenters. The monoisotopic (exact) mass is 508 g/mol. The molecule has 0 atom stereocenters. The zero-order valence-electron chi connectivity index (χ0n) is 22.6. The van der Waals surface area contributed by atoms with Gasteiger partial charge in [0, 0.05) is 13.5 Å². The predicted molar refractivity (Wildman–Crippen MR) is 147 cm³/mol. The van der Waals surface area contributed by atoms with E-state index in [0.717, 1.165) is 27.8 Å². The molecule has 0 amide bonds. The van der Waals surface area contributed by atoms with Crippen molar-refractivity contribution in [2.24, 2.45) is 0 Å². The molecule has 3 aromatic rings. The van der Waals surface area contributed by atoms with Crippen molar-refractivity contribution in [1.29, 1.82) is 0 Å². The van der Waals surface area contributed by atoms with Crippen LogP contribution in [0.1, 0.15) is 93.5 Å². The maximum absolute atomic E-state index is 13.7. The lowest BCUT2D eigenvalue weighted by atomic mass is 9.83. The molecular formula is C31H40O4S. The van der Waals surface area contributed by atoms with Gasteiger partial charge in [0.2, 0.25) is 0 Å². The molecule has 3 rings (SSSR count). The number of rotatable bonds is 11. The molecule has 0 radical (unpaired) electrons. The van der Waals surface area contributed by atoms with Crippen molar-refractivity contribution in [3.8, 4) is 0 Å². The number of methoxy groups -OCH3 is 1. The number of ether oxygens (including phenoxy) is 1. The summed E-state index contributed by atoms with van der Waals surface area (Å²) in [7, 11) is -2.35. The maximum atomic E-state index is 13.7. The molecule has 0 aliphatic rings. The van der Waals surface area contributed by atoms with Crippen LogP contribution in [0.2, 0.25) is 0 Å². The average molecular weight is 509 g/mol. The first kappa shape index (κ1) is 28.1. The van der Waals surface area contributed by atoms with Crippen LogP contribution in [-0.2, 0) is 24.6 Å². The van der Waals surface area contributed by atoms with Crippen molar-refractivity contribution < 1.29 is 17.3 Å². The first-order chi connectivity index (χ1) is 17.0. The summed E-state index contributed by atoms with van der Waals surface area (Å²) in [6.07, 6.45) is 0.342. The van der Waals surface area contributed by atoms with Crippen LogP contribution in [0.4, 0.5) is 0 Å². The smallest absolute Gasteiger partial charge is 0.297 e. The minimum atomic E-state index is -4.00. The maximum Gasteiger partial charge on any atom is 0.297 e. The molecule has 3 aromatic carbocycles. The van der Waals surface area contributed by atoms with Gasteiger partial charge >= 0.3 is 0 Å². The van der Waals surface area contributed by atoms with Crippen molar-refractivity contribution in [3.63, 3.8) is 0 Å². The van der Waals surface area contributed by atoms with Gasteiger partial charge in [-0.2, -0.15) is 8.42 Å². The standard InChI is InChI=1S/C31H40O4S/c1-22(2)25-20-28(23(3)4)30(29(21-25)24(5)6)36(32,33)35-19-18-31(34-7,26-14-10-8-11-15-26)27-16-12-9-13-17-27/h8-17,20-24H,18-19H2,1-7H3. The Morgan fingerprint density at radius 1 is 0.722 bits per heavy atom. The lowest BCUT2D eigenvalue weighted by Crippen LogP contribution is -2.32. The Bertz CT molecular complexity index is 1160. The minimum Gasteiger partial charge on any atom is -0.369 e. The molecule has 4 nitrogen and oxygen atoms in total. The quantitative estimate of drug-likeness (QED) is 0.249. The van der Waals surface area contributed by atoms with Gasteiger partial charge in [0.05, 0.1) is 6.61 Å². The summed E-state index contributed by atoms with van der Waals surface area (Å²) < 4.78 is 39.4. The highest BCUT2D eigenvalue weighted by molar-refractivity contribution is 7.86. The molecule has 0 aliphatic carbocycles. The van der Waals surface area contributed by atoms with Crippen molar-refractivity contribution >= 4 is 10.1 Å². The molecule has 194 valence electrons. The van der Waals surface area contributed by atoms with Crippen LogP contribution in [-0.4, -0.2) is 22.1 Å². The molecule has 0 fully saturated rings. The summed E-state index contributed by atoms with van der Waals surface area (Å²) in [5.41, 5.74) is 3.84. The predicted octanol–water partition coefficient (Wildman–Crippen LogP) is 7.74. The highest BCUT2D eigenvalue weighted by atomic mass is 32.2. The van der Waals surface area contributed by atoms with Crippen LogP contribution < -0.4 is 0 Å². The molecule has 5 heteroatoms. The van der Waals surface area contributed by atoms with Crippen LogP contribution >= 0.6 is 0 Å². The summed E-state index contributed by atoms with van der Waals surface area (Å²) in [6, 6.07) is 23.8. The van der Waals surface area contributed by atoms with Crippen LogP contribution in [0, 0.1) is 0 Å². The molecule has 0 saturated heterocycles. The van der Waals surface area contributed by atoms with E-state index in [1.54, 1.807) is 7.11 Å². The highest BCUT2D eigenvalue weighted by Gasteiger charge is 2.35. The van der Waals surface area contributed by atoms with E-state index in [-0.39, 0.29) is 18.4 Å². The Morgan fingerprint density at radius 2 is 1.17 bits per heavy atom. The van der Waals surface area contributed by atoms with E-state index in [2.05, 4.69) is 13.8 Å². The van der Waals surface area contributed by atoms with E-state index >= 15 is 0 Å². The van der Waals surface area contributed by atoms with Crippen molar-refractivity contribution in [2.75, 3.05) is 13.7 Å². The van der Waals surface area contributed by atoms with Crippen molar-refractivity contribution in [2.45, 2.75) is 76.2 Å². The van der Waals surface area contributed by atoms with Crippen LogP contribution in [0.3, 0.4) is 0 Å². The van der Waals surface area contributed by atoms with Gasteiger partial charge in [-0.15, -0.1) is 0 Å². The first-order valence-electron chi connectivity index (χ1n) is 12.8. The second kappa shape index (κ2) is 11.7. The van der Waals surface area contributed by atoms with Crippen LogP contribution in [0.25, 0.3) is 0 Å². The van der Waals surface area contributed by atoms with Gasteiger partial charge in [-0.25, -0.2) is 0 Å². The minimum absolute atomic E-state index is 0.0129. The van der Waals surface area contributed by atoms with E-state index in [0.29, 0.717) is 17.2 Å². The molecule has 36 heavy (non-hydrogen) atoms. The second-order valence-corrected chi connectivity index (χ2v) is 11.8. The number of benzene rings is 3. The van der Waals surface area contributed by atoms with Crippen LogP contribution in [0.15, 0.2) is 77.7 Å². The Balaban J connectivity index is 2.01. The zero-order chi connectivity index (χ0) is 26.5. The van der Waals surface area contributed by atoms with Crippen LogP contribution in [0.5, 0.6) is 0 Å². The lowest BCUT2D eigenvalue weighted by molar-refractivity contribution is 0.00475. The van der Waals surface area contributed by atoms with Crippen molar-refractivity contribution in [1.82, 2.24) is 0 Å². The lowest BCUT2D eigenvalue weighted by Gasteiger charge is -2.33. The normalized spacial score (nSPS) is 12.6. The van der Waals surface area contributed by atoms with E-state index in [9.17, 15) is 8.42 Å². The SMILES string of the molecule is COC(CCOS(=O)(=O)c1c(C(C)C)cc(C(C)C)cc1C(C)C)(c1ccccc1)c1ccccc1. The fourth-order valence-electron chi connectivity index (χ4n) is 4.74. The molecule has 0 spiro atoms. The summed E-state index contributed by atoms with van der Waals surface area (Å²) in [5, 5.41) is 0. The summed E-state index contributed by atoms with van der Waals surface area (Å²) in [6.45, 7) is 12.4. The van der Waals surface area contributed by atoms with E-state index in [4.69, 9.17) is 8.92 Å². The first-order valence-corrected chi connectivity index (χ1v) is 14.2. The van der Waals surface area contributed by atoms with Gasteiger partial charge in [-0.05, 0) is 45.6 Å². The molecule has 0 bridgehead atoms. The van der Waals surface area contributed by atoms with Crippen molar-refractivity contribution in [3.05, 3.63) is 101 Å². The summed E-state index contributed by atoms with van der Waals surface area (Å²) >= 11 is 0. The Morgan fingerprint density at radius 3 is 1.53 bits per heavy atom. The third-order valence-electron chi connectivity index (χ3n) is 6.85. The third-order valence-corrected chi connectivity index (χ3v) is 8.30. The zero-order valence-corrected chi connectivity index (χ0v) is 23.4. The summed E-state index contributed by atoms with van der Waals surface area (Å²) in [5.74, 6) is 0.388. The van der Waals surface area contributed by atoms with Gasteiger partial charge in [0.15, 0.2) is 0 Å². The molecular weight excluding hydrogens is 468 g/mol. The Labute approximate surface area is 217 Å². The number of hydrogen-bond acceptors (Lipinski definition) is 4. The van der Waals surface area contributed by atoms with Gasteiger partial charge in [-0.1, -0.05) is 114 Å². The van der Waals surface area contributed by atoms with E-state index in [1.165, 1.54) is 0 Å². The topological polar surface area (TPSA) is 52.6 Å². The third kappa shape index (κ3) is 5.91. The van der Waals surface area contributed by atoms with E-state index in [1.807, 2.05) is 100 Å². The molecule has 0 heterocycles. The van der Waals surface area contributed by atoms with Gasteiger partial charge in [0.25, 0.3) is 10.1 Å². The molecule has 0 aliphatic heterocycles. The fraction of sp³-hybridized carbons (Fsp3) is 0.419. The number of hydrogen-bond donors (Lipinski definition) is 0. The fourth-order valence-corrected chi connectivity index (χ4v) is 6.33. The Hall–Kier alpha value is -2.47. The van der Waals surface area contributed by atoms with Gasteiger partial charge < -0.3 is 4.74 Å². The van der Waals surface area contributed by atoms with Gasteiger partial charge in [0.1, 0.15) is 10.5 Å². The van der Waals surface area contributed by atoms with Gasteiger partial charge in [-0.3, -0.25) is 4.18 Å². The molecule has 0 N–H and O–H groups in total. The molecule has 0 saturated carbocycles. The Kier molecular flexibility index (Phi) is 9.15. The van der Waals surface area contributed by atoms with E-state index < -0.39 is 15.7 Å². The largest absolute Gasteiger partial charge is 0.369 e. The average Bonchev–Trinajstić information content (AvgIpc) is 2.86. The summed E-state index contributed by atoms with van der Waals surface area (Å²) in [4.78, 5) is 0.319. The highest BCUT2D eigenvalue weighted by Crippen LogP contribution is 2.39. The molecule has 0 aromatic heterocycles.